The van der Waals surface area contributed by atoms with Gasteiger partial charge in [-0.1, -0.05) is 0 Å². The van der Waals surface area contributed by atoms with Gasteiger partial charge in [-0.2, -0.15) is 10.2 Å². The van der Waals surface area contributed by atoms with Crippen molar-refractivity contribution in [2.24, 2.45) is 20.4 Å². The van der Waals surface area contributed by atoms with Crippen LogP contribution in [0.1, 0.15) is 0 Å². The molecule has 0 unspecified atom stereocenters. The van der Waals surface area contributed by atoms with Crippen LogP contribution in [0.25, 0.3) is 0 Å². The first-order valence-electron chi connectivity index (χ1n) is 16.8. The van der Waals surface area contributed by atoms with Crippen LogP contribution in [-0.4, -0.2) is 112 Å². The third-order valence-corrected chi connectivity index (χ3v) is 15.6. The number of benzene rings is 4. The molecule has 0 aliphatic rings. The van der Waals surface area contributed by atoms with E-state index in [4.69, 9.17) is 0 Å². The van der Waals surface area contributed by atoms with Gasteiger partial charge >= 0.3 is 177 Å². The van der Waals surface area contributed by atoms with E-state index in [2.05, 4.69) is 38.2 Å². The number of phenolic OH excluding ortho intramolecular Hbond substituents is 1. The van der Waals surface area contributed by atoms with Gasteiger partial charge in [-0.15, -0.1) is 14.6 Å². The molecule has 4 aromatic carbocycles. The molecule has 0 spiro atoms. The number of anilines is 2. The molecular formula is C28H20N6Na6O27S8. The Kier molecular flexibility index (Phi) is 34.6. The summed E-state index contributed by atoms with van der Waals surface area (Å²) in [6, 6.07) is 3.49. The van der Waals surface area contributed by atoms with Crippen molar-refractivity contribution < 1.29 is 287 Å². The van der Waals surface area contributed by atoms with Crippen LogP contribution in [0.5, 0.6) is 5.75 Å². The van der Waals surface area contributed by atoms with E-state index >= 15 is 0 Å². The summed E-state index contributed by atoms with van der Waals surface area (Å²) in [7, 11) is -37.3. The predicted octanol–water partition coefficient (Wildman–Crippen LogP) is -22.3. The molecule has 0 saturated carbocycles. The van der Waals surface area contributed by atoms with Crippen LogP contribution in [0.15, 0.2) is 114 Å². The first kappa shape index (κ1) is 79.9. The monoisotopic (exact) mass is 1270 g/mol. The summed E-state index contributed by atoms with van der Waals surface area (Å²) in [4.78, 5) is 19.9. The van der Waals surface area contributed by atoms with Gasteiger partial charge in [0.05, 0.1) is 65.5 Å². The zero-order valence-electron chi connectivity index (χ0n) is 38.6. The summed E-state index contributed by atoms with van der Waals surface area (Å²) in [5.41, 5.74) is -5.29. The van der Waals surface area contributed by atoms with E-state index < -0.39 is 175 Å². The van der Waals surface area contributed by atoms with E-state index in [1.54, 1.807) is 10.9 Å². The summed E-state index contributed by atoms with van der Waals surface area (Å²) in [6.07, 6.45) is 0. The molecule has 0 aromatic heterocycles. The van der Waals surface area contributed by atoms with Crippen LogP contribution >= 0.6 is 12.3 Å². The Morgan fingerprint density at radius 1 is 0.533 bits per heavy atom. The molecule has 0 amide bonds. The molecule has 0 heterocycles. The molecule has 3 N–H and O–H groups in total. The number of aromatic hydroxyl groups is 1. The second-order valence-electron chi connectivity index (χ2n) is 12.4. The summed E-state index contributed by atoms with van der Waals surface area (Å²) in [6.45, 7) is -2.00. The minimum Gasteiger partial charge on any atom is -0.744 e. The molecule has 33 nitrogen and oxygen atoms in total. The molecule has 47 heteroatoms. The summed E-state index contributed by atoms with van der Waals surface area (Å²) < 4.78 is 239. The van der Waals surface area contributed by atoms with E-state index in [0.717, 1.165) is 0 Å². The van der Waals surface area contributed by atoms with Crippen molar-refractivity contribution in [3.05, 3.63) is 85.8 Å². The fourth-order valence-corrected chi connectivity index (χ4v) is 10.4. The Labute approximate surface area is 560 Å². The summed E-state index contributed by atoms with van der Waals surface area (Å²) in [5.74, 6) is -3.96. The van der Waals surface area contributed by atoms with E-state index in [1.165, 1.54) is 0 Å². The minimum absolute atomic E-state index is 0. The zero-order valence-corrected chi connectivity index (χ0v) is 57.2. The van der Waals surface area contributed by atoms with Crippen LogP contribution in [0.4, 0.5) is 22.7 Å². The minimum atomic E-state index is -5.80. The normalized spacial score (nSPS) is 12.7. The predicted molar refractivity (Wildman–Crippen MR) is 212 cm³/mol. The third-order valence-electron chi connectivity index (χ3n) is 7.91. The molecule has 0 atom stereocenters. The molecule has 0 saturated heterocycles. The van der Waals surface area contributed by atoms with Crippen molar-refractivity contribution in [1.82, 2.24) is 0 Å². The van der Waals surface area contributed by atoms with Crippen molar-refractivity contribution in [2.45, 2.75) is 29.4 Å². The van der Waals surface area contributed by atoms with Crippen molar-refractivity contribution in [3.8, 4) is 5.75 Å². The number of rotatable bonds is 22. The number of phenols is 1. The number of nitrogens with one attached hydrogen (secondary N) is 2. The molecule has 75 heavy (non-hydrogen) atoms. The topological polar surface area (TPSA) is 542 Å². The standard InChI is InChI=1S/C28H26N6O27S8.6Na/c35-26-23(32-29-17-4-1-14(12-21(17)67(49,50)51)63(39,40)9-7-58-62-61-60-38)27(36)25(34-31-19-11-16(65(43,44)45)3-6-20(19)66(46,47)48)28(37)24(26)33-30-18-5-2-15(13-22(18)68(52,53)54)64(41,42)10-8-59-69(55,56)57;;;;;;/h1-6,11-13,30-31,35,38H,7-10H2,(H,43,44,45)(H,46,47,48)(H,49,50,51)(H,52,53,54)(H,55,56,57);;;;;;/q;6*+1/p-6/b32-29?,33-24+,34-25-;;;;;;. The van der Waals surface area contributed by atoms with Crippen LogP contribution < -0.4 is 215 Å². The third kappa shape index (κ3) is 23.1. The number of sulfone groups is 2. The number of hydrogen-bond donors (Lipinski definition) is 3. The van der Waals surface area contributed by atoms with Gasteiger partial charge in [0.25, 0.3) is 0 Å². The van der Waals surface area contributed by atoms with Gasteiger partial charge < -0.3 is 33.1 Å². The Morgan fingerprint density at radius 2 is 1.01 bits per heavy atom. The van der Waals surface area contributed by atoms with E-state index in [-0.39, 0.29) is 214 Å². The first-order chi connectivity index (χ1) is 31.6. The number of azo groups is 1. The van der Waals surface area contributed by atoms with E-state index in [9.17, 15) is 102 Å². The van der Waals surface area contributed by atoms with E-state index in [1.807, 2.05) is 0 Å². The largest absolute Gasteiger partial charge is 1.00 e. The summed E-state index contributed by atoms with van der Waals surface area (Å²) >= 11 is -0.0909. The number of nitrogens with zero attached hydrogens (tertiary/aromatic N) is 4. The smallest absolute Gasteiger partial charge is 0.744 e. The quantitative estimate of drug-likeness (QED) is 0.00961. The van der Waals surface area contributed by atoms with Gasteiger partial charge in [-0.05, 0) is 54.6 Å². The zero-order chi connectivity index (χ0) is 52.1. The Hall–Kier alpha value is 0.680. The van der Waals surface area contributed by atoms with Crippen LogP contribution in [0.3, 0.4) is 0 Å². The van der Waals surface area contributed by atoms with Crippen molar-refractivity contribution in [1.29, 1.82) is 0 Å². The molecule has 4 aromatic rings. The Balaban J connectivity index is -0.00000864. The van der Waals surface area contributed by atoms with Gasteiger partial charge in [0.2, 0.25) is 21.3 Å². The Bertz CT molecular complexity index is 3820. The van der Waals surface area contributed by atoms with Crippen molar-refractivity contribution in [2.75, 3.05) is 35.6 Å². The van der Waals surface area contributed by atoms with Crippen LogP contribution in [-0.2, 0) is 88.3 Å². The SMILES string of the molecule is O=c1c(N=Nc2ccc(S(=O)(=O)CCOSOO[O-])cc2S(=O)(=O)[O-])c(O)/c(=N\Nc2ccc(S(=O)(=O)CCOS(=O)(=O)[O-])cc2S(=O)(=O)[O-])c(=O)/c1=N\Nc1cc(S(=O)(=O)[O-])ccc1S(=O)(=O)[O-].[Na+].[Na+].[Na+].[Na+].[Na+].[Na+]. The number of hydrogen-bond acceptors (Lipinski definition) is 34. The van der Waals surface area contributed by atoms with Gasteiger partial charge in [0.15, 0.2) is 54.1 Å². The fourth-order valence-electron chi connectivity index (χ4n) is 4.92. The first-order valence-corrected chi connectivity index (χ1v) is 27.7. The van der Waals surface area contributed by atoms with Gasteiger partial charge in [0, 0.05) is 0 Å². The maximum absolute atomic E-state index is 13.7. The molecule has 0 aliphatic heterocycles. The van der Waals surface area contributed by atoms with Crippen LogP contribution in [0, 0.1) is 0 Å². The molecule has 0 fully saturated rings. The maximum Gasteiger partial charge on any atom is 1.00 e. The van der Waals surface area contributed by atoms with Crippen molar-refractivity contribution in [3.63, 3.8) is 0 Å². The molecule has 4 rings (SSSR count). The van der Waals surface area contributed by atoms with E-state index in [0.29, 0.717) is 30.3 Å². The average Bonchev–Trinajstić information content (AvgIpc) is 3.21. The van der Waals surface area contributed by atoms with Gasteiger partial charge in [-0.25, -0.2) is 58.9 Å². The molecule has 0 bridgehead atoms. The van der Waals surface area contributed by atoms with Crippen molar-refractivity contribution >= 4 is 106 Å². The van der Waals surface area contributed by atoms with Crippen LogP contribution in [0.2, 0.25) is 0 Å². The van der Waals surface area contributed by atoms with Gasteiger partial charge in [0.1, 0.15) is 46.2 Å². The molecular weight excluding hydrogens is 1250 g/mol. The molecule has 378 valence electrons. The van der Waals surface area contributed by atoms with Gasteiger partial charge in [-0.3, -0.25) is 33.8 Å². The molecule has 0 radical (unpaired) electrons. The average molecular weight is 1270 g/mol. The molecule has 0 aliphatic carbocycles. The second kappa shape index (κ2) is 32.5. The fraction of sp³-hybridized carbons (Fsp3) is 0.143. The summed E-state index contributed by atoms with van der Waals surface area (Å²) in [5, 5.41) is 34.1. The Morgan fingerprint density at radius 3 is 1.52 bits per heavy atom. The second-order valence-corrected chi connectivity index (χ2v) is 23.6. The maximum atomic E-state index is 13.7.